The van der Waals surface area contributed by atoms with E-state index in [1.807, 2.05) is 6.07 Å². The molecule has 1 aliphatic rings. The summed E-state index contributed by atoms with van der Waals surface area (Å²) in [6.45, 7) is 1.18. The molecule has 1 fully saturated rings. The molecule has 0 saturated carbocycles. The number of carbonyl (C=O) groups is 1. The Morgan fingerprint density at radius 2 is 1.76 bits per heavy atom. The van der Waals surface area contributed by atoms with Crippen LogP contribution in [0.2, 0.25) is 0 Å². The molecule has 0 bridgehead atoms. The van der Waals surface area contributed by atoms with Crippen LogP contribution in [0.4, 0.5) is 5.69 Å². The van der Waals surface area contributed by atoms with E-state index in [1.54, 1.807) is 24.3 Å². The summed E-state index contributed by atoms with van der Waals surface area (Å²) in [4.78, 5) is 12.4. The van der Waals surface area contributed by atoms with Crippen LogP contribution in [0, 0.1) is 0 Å². The standard InChI is InChI=1S/C17H18N2O5S/c20-16-7-6-14(25(22,23)19-8-10-24-11-9-19)12-15(16)17(21)18-13-4-2-1-3-5-13/h1-7,12,20H,8-11H2,(H,18,21). The molecule has 2 aromatic carbocycles. The normalized spacial score (nSPS) is 15.7. The Morgan fingerprint density at radius 1 is 1.08 bits per heavy atom. The minimum atomic E-state index is -3.75. The first-order chi connectivity index (χ1) is 12.0. The Balaban J connectivity index is 1.88. The van der Waals surface area contributed by atoms with Gasteiger partial charge >= 0.3 is 0 Å². The highest BCUT2D eigenvalue weighted by Gasteiger charge is 2.27. The van der Waals surface area contributed by atoms with Crippen molar-refractivity contribution < 1.29 is 23.1 Å². The number of anilines is 1. The van der Waals surface area contributed by atoms with E-state index in [2.05, 4.69) is 5.32 Å². The number of amides is 1. The van der Waals surface area contributed by atoms with Gasteiger partial charge in [0.15, 0.2) is 0 Å². The predicted molar refractivity (Wildman–Crippen MR) is 92.1 cm³/mol. The summed E-state index contributed by atoms with van der Waals surface area (Å²) in [5, 5.41) is 12.6. The molecule has 1 heterocycles. The highest BCUT2D eigenvalue weighted by Crippen LogP contribution is 2.25. The molecule has 25 heavy (non-hydrogen) atoms. The van der Waals surface area contributed by atoms with Gasteiger partial charge in [0, 0.05) is 18.8 Å². The number of morpholine rings is 1. The maximum absolute atomic E-state index is 12.7. The average molecular weight is 362 g/mol. The van der Waals surface area contributed by atoms with Gasteiger partial charge < -0.3 is 15.2 Å². The van der Waals surface area contributed by atoms with Gasteiger partial charge in [-0.2, -0.15) is 4.31 Å². The van der Waals surface area contributed by atoms with E-state index in [1.165, 1.54) is 22.5 Å². The van der Waals surface area contributed by atoms with Gasteiger partial charge in [-0.25, -0.2) is 8.42 Å². The van der Waals surface area contributed by atoms with Crippen LogP contribution in [-0.4, -0.2) is 50.0 Å². The van der Waals surface area contributed by atoms with Crippen molar-refractivity contribution in [1.29, 1.82) is 0 Å². The first-order valence-electron chi connectivity index (χ1n) is 7.76. The van der Waals surface area contributed by atoms with Crippen LogP contribution in [0.3, 0.4) is 0 Å². The van der Waals surface area contributed by atoms with E-state index in [4.69, 9.17) is 4.74 Å². The number of aromatic hydroxyl groups is 1. The molecule has 3 rings (SSSR count). The highest BCUT2D eigenvalue weighted by molar-refractivity contribution is 7.89. The molecule has 1 amide bonds. The number of sulfonamides is 1. The van der Waals surface area contributed by atoms with Crippen LogP contribution in [0.25, 0.3) is 0 Å². The Hall–Kier alpha value is -2.42. The minimum Gasteiger partial charge on any atom is -0.507 e. The Labute approximate surface area is 145 Å². The van der Waals surface area contributed by atoms with Gasteiger partial charge in [-0.15, -0.1) is 0 Å². The van der Waals surface area contributed by atoms with Gasteiger partial charge in [-0.3, -0.25) is 4.79 Å². The first kappa shape index (κ1) is 17.4. The van der Waals surface area contributed by atoms with E-state index < -0.39 is 15.9 Å². The lowest BCUT2D eigenvalue weighted by Crippen LogP contribution is -2.40. The lowest BCUT2D eigenvalue weighted by atomic mass is 10.2. The average Bonchev–Trinajstić information content (AvgIpc) is 2.63. The second kappa shape index (κ2) is 7.22. The molecule has 1 saturated heterocycles. The summed E-state index contributed by atoms with van der Waals surface area (Å²) in [5.41, 5.74) is 0.450. The molecular formula is C17H18N2O5S. The molecule has 0 spiro atoms. The molecule has 0 aromatic heterocycles. The van der Waals surface area contributed by atoms with Gasteiger partial charge in [-0.1, -0.05) is 18.2 Å². The van der Waals surface area contributed by atoms with E-state index in [-0.39, 0.29) is 29.3 Å². The molecule has 1 aliphatic heterocycles. The molecule has 0 aliphatic carbocycles. The number of para-hydroxylation sites is 1. The summed E-state index contributed by atoms with van der Waals surface area (Å²) in [7, 11) is -3.75. The fourth-order valence-corrected chi connectivity index (χ4v) is 3.95. The molecule has 0 unspecified atom stereocenters. The number of carbonyl (C=O) groups excluding carboxylic acids is 1. The highest BCUT2D eigenvalue weighted by atomic mass is 32.2. The van der Waals surface area contributed by atoms with Crippen LogP contribution in [0.5, 0.6) is 5.75 Å². The zero-order valence-electron chi connectivity index (χ0n) is 13.4. The van der Waals surface area contributed by atoms with Crippen molar-refractivity contribution in [2.45, 2.75) is 4.90 Å². The number of nitrogens with one attached hydrogen (secondary N) is 1. The van der Waals surface area contributed by atoms with E-state index in [0.29, 0.717) is 18.9 Å². The first-order valence-corrected chi connectivity index (χ1v) is 9.20. The number of phenolic OH excluding ortho intramolecular Hbond substituents is 1. The third-order valence-corrected chi connectivity index (χ3v) is 5.75. The summed E-state index contributed by atoms with van der Waals surface area (Å²) >= 11 is 0. The lowest BCUT2D eigenvalue weighted by molar-refractivity contribution is 0.0730. The van der Waals surface area contributed by atoms with Gasteiger partial charge in [0.1, 0.15) is 5.75 Å². The fraction of sp³-hybridized carbons (Fsp3) is 0.235. The summed E-state index contributed by atoms with van der Waals surface area (Å²) in [6, 6.07) is 12.4. The number of rotatable bonds is 4. The van der Waals surface area contributed by atoms with E-state index >= 15 is 0 Å². The Kier molecular flexibility index (Phi) is 5.03. The van der Waals surface area contributed by atoms with Crippen LogP contribution in [0.15, 0.2) is 53.4 Å². The molecule has 0 radical (unpaired) electrons. The van der Waals surface area contributed by atoms with Crippen LogP contribution >= 0.6 is 0 Å². The topological polar surface area (TPSA) is 95.9 Å². The van der Waals surface area contributed by atoms with Gasteiger partial charge in [-0.05, 0) is 30.3 Å². The number of benzene rings is 2. The van der Waals surface area contributed by atoms with Crippen molar-refractivity contribution in [3.8, 4) is 5.75 Å². The van der Waals surface area contributed by atoms with Crippen LogP contribution in [0.1, 0.15) is 10.4 Å². The molecular weight excluding hydrogens is 344 g/mol. The van der Waals surface area contributed by atoms with E-state index in [9.17, 15) is 18.3 Å². The van der Waals surface area contributed by atoms with Gasteiger partial charge in [0.05, 0.1) is 23.7 Å². The maximum Gasteiger partial charge on any atom is 0.259 e. The SMILES string of the molecule is O=C(Nc1ccccc1)c1cc(S(=O)(=O)N2CCOCC2)ccc1O. The molecule has 0 atom stereocenters. The van der Waals surface area contributed by atoms with Crippen molar-refractivity contribution >= 4 is 21.6 Å². The van der Waals surface area contributed by atoms with Crippen molar-refractivity contribution in [2.75, 3.05) is 31.6 Å². The van der Waals surface area contributed by atoms with Gasteiger partial charge in [0.2, 0.25) is 10.0 Å². The monoisotopic (exact) mass is 362 g/mol. The second-order valence-electron chi connectivity index (χ2n) is 5.52. The molecule has 2 aromatic rings. The quantitative estimate of drug-likeness (QED) is 0.862. The maximum atomic E-state index is 12.7. The number of hydrogen-bond donors (Lipinski definition) is 2. The summed E-state index contributed by atoms with van der Waals surface area (Å²) in [5.74, 6) is -0.864. The number of hydrogen-bond acceptors (Lipinski definition) is 5. The molecule has 7 nitrogen and oxygen atoms in total. The fourth-order valence-electron chi connectivity index (χ4n) is 2.51. The van der Waals surface area contributed by atoms with Gasteiger partial charge in [0.25, 0.3) is 5.91 Å². The summed E-state index contributed by atoms with van der Waals surface area (Å²) in [6.07, 6.45) is 0. The van der Waals surface area contributed by atoms with Crippen LogP contribution < -0.4 is 5.32 Å². The third kappa shape index (κ3) is 3.81. The molecule has 132 valence electrons. The summed E-state index contributed by atoms with van der Waals surface area (Å²) < 4.78 is 31.9. The van der Waals surface area contributed by atoms with Crippen molar-refractivity contribution in [3.63, 3.8) is 0 Å². The van der Waals surface area contributed by atoms with E-state index in [0.717, 1.165) is 0 Å². The number of phenols is 1. The van der Waals surface area contributed by atoms with Crippen LogP contribution in [-0.2, 0) is 14.8 Å². The Bertz CT molecular complexity index is 862. The predicted octanol–water partition coefficient (Wildman–Crippen LogP) is 1.67. The zero-order chi connectivity index (χ0) is 17.9. The largest absolute Gasteiger partial charge is 0.507 e. The van der Waals surface area contributed by atoms with Crippen molar-refractivity contribution in [3.05, 3.63) is 54.1 Å². The number of ether oxygens (including phenoxy) is 1. The van der Waals surface area contributed by atoms with Crippen molar-refractivity contribution in [2.24, 2.45) is 0 Å². The number of nitrogens with zero attached hydrogens (tertiary/aromatic N) is 1. The molecule has 2 N–H and O–H groups in total. The minimum absolute atomic E-state index is 0.0367. The lowest BCUT2D eigenvalue weighted by Gasteiger charge is -2.26. The smallest absolute Gasteiger partial charge is 0.259 e. The Morgan fingerprint density at radius 3 is 2.44 bits per heavy atom. The molecule has 8 heteroatoms. The van der Waals surface area contributed by atoms with Crippen molar-refractivity contribution in [1.82, 2.24) is 4.31 Å². The zero-order valence-corrected chi connectivity index (χ0v) is 14.2. The second-order valence-corrected chi connectivity index (χ2v) is 7.45. The third-order valence-electron chi connectivity index (χ3n) is 3.85.